The Balaban J connectivity index is 3.33. The van der Waals surface area contributed by atoms with Crippen molar-refractivity contribution in [3.8, 4) is 5.75 Å². The van der Waals surface area contributed by atoms with Crippen LogP contribution in [0.25, 0.3) is 0 Å². The molecule has 64 valence electrons. The molecule has 0 saturated carbocycles. The molecule has 0 heterocycles. The Labute approximate surface area is 68.6 Å². The summed E-state index contributed by atoms with van der Waals surface area (Å²) in [6.45, 7) is 1.54. The van der Waals surface area contributed by atoms with Gasteiger partial charge in [0.2, 0.25) is 0 Å². The predicted molar refractivity (Wildman–Crippen MR) is 43.9 cm³/mol. The van der Waals surface area contributed by atoms with Gasteiger partial charge in [-0.3, -0.25) is 10.1 Å². The minimum absolute atomic E-state index is 0.0206. The van der Waals surface area contributed by atoms with Gasteiger partial charge in [-0.2, -0.15) is 0 Å². The summed E-state index contributed by atoms with van der Waals surface area (Å²) in [4.78, 5) is 9.82. The number of phenols is 1. The van der Waals surface area contributed by atoms with Crippen molar-refractivity contribution < 1.29 is 10.0 Å². The first kappa shape index (κ1) is 8.32. The lowest BCUT2D eigenvalue weighted by atomic mass is 10.2. The van der Waals surface area contributed by atoms with Crippen LogP contribution in [0.1, 0.15) is 5.56 Å². The highest BCUT2D eigenvalue weighted by atomic mass is 16.6. The maximum Gasteiger partial charge on any atom is 0.274 e. The molecule has 0 aliphatic rings. The van der Waals surface area contributed by atoms with Gasteiger partial charge in [0.05, 0.1) is 10.6 Å². The average molecular weight is 168 g/mol. The molecule has 0 aliphatic carbocycles. The smallest absolute Gasteiger partial charge is 0.274 e. The average Bonchev–Trinajstić information content (AvgIpc) is 1.96. The van der Waals surface area contributed by atoms with E-state index in [1.807, 2.05) is 0 Å². The molecule has 0 unspecified atom stereocenters. The van der Waals surface area contributed by atoms with E-state index in [1.165, 1.54) is 13.0 Å². The number of nitro groups is 1. The van der Waals surface area contributed by atoms with Gasteiger partial charge in [0, 0.05) is 11.6 Å². The van der Waals surface area contributed by atoms with Gasteiger partial charge in [0.1, 0.15) is 5.75 Å². The molecule has 5 nitrogen and oxygen atoms in total. The standard InChI is InChI=1S/C7H8N2O3/c1-4-2-7(10)5(8)3-6(4)9(11)12/h2-3,10H,8H2,1H3. The zero-order valence-corrected chi connectivity index (χ0v) is 6.44. The number of phenolic OH excluding ortho intramolecular Hbond substituents is 1. The highest BCUT2D eigenvalue weighted by molar-refractivity contribution is 5.60. The van der Waals surface area contributed by atoms with E-state index in [2.05, 4.69) is 0 Å². The number of rotatable bonds is 1. The monoisotopic (exact) mass is 168 g/mol. The molecule has 1 aromatic rings. The van der Waals surface area contributed by atoms with Crippen LogP contribution in [0.2, 0.25) is 0 Å². The molecule has 0 atom stereocenters. The highest BCUT2D eigenvalue weighted by Crippen LogP contribution is 2.28. The number of benzene rings is 1. The number of nitrogens with zero attached hydrogens (tertiary/aromatic N) is 1. The number of aromatic hydroxyl groups is 1. The van der Waals surface area contributed by atoms with Gasteiger partial charge in [-0.25, -0.2) is 0 Å². The molecule has 0 aliphatic heterocycles. The minimum Gasteiger partial charge on any atom is -0.506 e. The number of aryl methyl sites for hydroxylation is 1. The second kappa shape index (κ2) is 2.69. The summed E-state index contributed by atoms with van der Waals surface area (Å²) in [6.07, 6.45) is 0. The third-order valence-corrected chi connectivity index (χ3v) is 1.54. The molecule has 0 amide bonds. The lowest BCUT2D eigenvalue weighted by Gasteiger charge is -2.00. The van der Waals surface area contributed by atoms with E-state index in [0.717, 1.165) is 6.07 Å². The summed E-state index contributed by atoms with van der Waals surface area (Å²) in [5.74, 6) is -0.127. The fraction of sp³-hybridized carbons (Fsp3) is 0.143. The van der Waals surface area contributed by atoms with Gasteiger partial charge in [-0.15, -0.1) is 0 Å². The van der Waals surface area contributed by atoms with Gasteiger partial charge in [-0.1, -0.05) is 0 Å². The second-order valence-electron chi connectivity index (χ2n) is 2.45. The summed E-state index contributed by atoms with van der Waals surface area (Å²) in [6, 6.07) is 2.41. The Morgan fingerprint density at radius 2 is 2.17 bits per heavy atom. The summed E-state index contributed by atoms with van der Waals surface area (Å²) in [5, 5.41) is 19.4. The Morgan fingerprint density at radius 3 is 2.67 bits per heavy atom. The van der Waals surface area contributed by atoms with Crippen molar-refractivity contribution in [2.75, 3.05) is 5.73 Å². The number of nitro benzene ring substituents is 1. The van der Waals surface area contributed by atoms with Crippen molar-refractivity contribution in [2.24, 2.45) is 0 Å². The van der Waals surface area contributed by atoms with E-state index < -0.39 is 4.92 Å². The number of hydrogen-bond donors (Lipinski definition) is 2. The summed E-state index contributed by atoms with van der Waals surface area (Å²) >= 11 is 0. The van der Waals surface area contributed by atoms with Crippen molar-refractivity contribution in [1.29, 1.82) is 0 Å². The number of anilines is 1. The third kappa shape index (κ3) is 1.29. The maximum atomic E-state index is 10.4. The molecule has 3 N–H and O–H groups in total. The first-order valence-electron chi connectivity index (χ1n) is 3.26. The van der Waals surface area contributed by atoms with E-state index in [0.29, 0.717) is 5.56 Å². The molecule has 0 spiro atoms. The summed E-state index contributed by atoms with van der Waals surface area (Å²) in [5.41, 5.74) is 5.61. The van der Waals surface area contributed by atoms with Crippen molar-refractivity contribution in [3.63, 3.8) is 0 Å². The molecule has 0 radical (unpaired) electrons. The van der Waals surface area contributed by atoms with Gasteiger partial charge < -0.3 is 10.8 Å². The number of nitrogens with two attached hydrogens (primary N) is 1. The second-order valence-corrected chi connectivity index (χ2v) is 2.45. The van der Waals surface area contributed by atoms with Gasteiger partial charge in [0.15, 0.2) is 0 Å². The Bertz CT molecular complexity index is 336. The van der Waals surface area contributed by atoms with E-state index >= 15 is 0 Å². The SMILES string of the molecule is Cc1cc(O)c(N)cc1[N+](=O)[O-]. The number of hydrogen-bond acceptors (Lipinski definition) is 4. The molecule has 1 rings (SSSR count). The van der Waals surface area contributed by atoms with E-state index in [1.54, 1.807) is 0 Å². The van der Waals surface area contributed by atoms with Crippen molar-refractivity contribution >= 4 is 11.4 Å². The van der Waals surface area contributed by atoms with Gasteiger partial charge >= 0.3 is 0 Å². The topological polar surface area (TPSA) is 89.4 Å². The van der Waals surface area contributed by atoms with Crippen LogP contribution in [0.15, 0.2) is 12.1 Å². The molecular formula is C7H8N2O3. The molecule has 5 heteroatoms. The quantitative estimate of drug-likeness (QED) is 0.285. The van der Waals surface area contributed by atoms with Crippen LogP contribution in [0.5, 0.6) is 5.75 Å². The molecule has 1 aromatic carbocycles. The zero-order chi connectivity index (χ0) is 9.30. The number of nitrogen functional groups attached to an aromatic ring is 1. The Hall–Kier alpha value is -1.78. The fourth-order valence-electron chi connectivity index (χ4n) is 0.894. The minimum atomic E-state index is -0.537. The zero-order valence-electron chi connectivity index (χ0n) is 6.44. The van der Waals surface area contributed by atoms with Crippen molar-refractivity contribution in [3.05, 3.63) is 27.8 Å². The van der Waals surface area contributed by atoms with Crippen molar-refractivity contribution in [2.45, 2.75) is 6.92 Å². The van der Waals surface area contributed by atoms with Gasteiger partial charge in [-0.05, 0) is 13.0 Å². The largest absolute Gasteiger partial charge is 0.506 e. The Morgan fingerprint density at radius 1 is 1.58 bits per heavy atom. The van der Waals surface area contributed by atoms with E-state index in [9.17, 15) is 10.1 Å². The van der Waals surface area contributed by atoms with Crippen LogP contribution in [0, 0.1) is 17.0 Å². The first-order valence-corrected chi connectivity index (χ1v) is 3.26. The predicted octanol–water partition coefficient (Wildman–Crippen LogP) is 1.19. The van der Waals surface area contributed by atoms with Crippen molar-refractivity contribution in [1.82, 2.24) is 0 Å². The summed E-state index contributed by atoms with van der Waals surface area (Å²) < 4.78 is 0. The van der Waals surface area contributed by atoms with Crippen LogP contribution in [-0.4, -0.2) is 10.0 Å². The molecule has 0 fully saturated rings. The summed E-state index contributed by atoms with van der Waals surface area (Å²) in [7, 11) is 0. The lowest BCUT2D eigenvalue weighted by Crippen LogP contribution is -1.94. The van der Waals surface area contributed by atoms with Crippen LogP contribution >= 0.6 is 0 Å². The first-order chi connectivity index (χ1) is 5.52. The third-order valence-electron chi connectivity index (χ3n) is 1.54. The molecule has 0 saturated heterocycles. The molecule has 12 heavy (non-hydrogen) atoms. The molecule has 0 aromatic heterocycles. The highest BCUT2D eigenvalue weighted by Gasteiger charge is 2.12. The van der Waals surface area contributed by atoms with Crippen LogP contribution < -0.4 is 5.73 Å². The van der Waals surface area contributed by atoms with Crippen LogP contribution in [0.4, 0.5) is 11.4 Å². The van der Waals surface area contributed by atoms with Crippen LogP contribution in [-0.2, 0) is 0 Å². The fourth-order valence-corrected chi connectivity index (χ4v) is 0.894. The maximum absolute atomic E-state index is 10.4. The van der Waals surface area contributed by atoms with Crippen LogP contribution in [0.3, 0.4) is 0 Å². The normalized spacial score (nSPS) is 9.75. The molecule has 0 bridgehead atoms. The van der Waals surface area contributed by atoms with E-state index in [-0.39, 0.29) is 17.1 Å². The van der Waals surface area contributed by atoms with E-state index in [4.69, 9.17) is 10.8 Å². The lowest BCUT2D eigenvalue weighted by molar-refractivity contribution is -0.385. The molecular weight excluding hydrogens is 160 g/mol. The Kier molecular flexibility index (Phi) is 1.86. The van der Waals surface area contributed by atoms with Gasteiger partial charge in [0.25, 0.3) is 5.69 Å².